The Morgan fingerprint density at radius 1 is 1.32 bits per heavy atom. The Labute approximate surface area is 138 Å². The topological polar surface area (TPSA) is 70.6 Å². The van der Waals surface area contributed by atoms with E-state index in [-0.39, 0.29) is 40.2 Å². The molecule has 0 aromatic carbocycles. The second kappa shape index (κ2) is 10.1. The van der Waals surface area contributed by atoms with Crippen molar-refractivity contribution in [3.63, 3.8) is 0 Å². The minimum Gasteiger partial charge on any atom is -0.355 e. The standard InChI is InChI=1S/C11H25N3O2S2.HI/c1-6-18(15,16)8-7-13-10(12-4)14-9-11(2,3)17-5;/h6-9H2,1-5H3,(H2,12,13,14);1H. The molecule has 0 saturated heterocycles. The first kappa shape index (κ1) is 21.6. The summed E-state index contributed by atoms with van der Waals surface area (Å²) in [7, 11) is -1.24. The first-order valence-corrected chi connectivity index (χ1v) is 9.01. The fraction of sp³-hybridized carbons (Fsp3) is 0.909. The SMILES string of the molecule is CCS(=O)(=O)CCNC(=NC)NCC(C)(C)SC.I. The van der Waals surface area contributed by atoms with E-state index in [0.29, 0.717) is 12.5 Å². The van der Waals surface area contributed by atoms with Crippen LogP contribution >= 0.6 is 35.7 Å². The summed E-state index contributed by atoms with van der Waals surface area (Å²) in [5.41, 5.74) is 0. The highest BCUT2D eigenvalue weighted by molar-refractivity contribution is 14.0. The van der Waals surface area contributed by atoms with Crippen LogP contribution in [0.2, 0.25) is 0 Å². The second-order valence-electron chi connectivity index (χ2n) is 4.55. The smallest absolute Gasteiger partial charge is 0.191 e. The Bertz CT molecular complexity index is 370. The van der Waals surface area contributed by atoms with Gasteiger partial charge in [-0.3, -0.25) is 4.99 Å². The Kier molecular flexibility index (Phi) is 11.5. The number of rotatable bonds is 7. The molecule has 0 bridgehead atoms. The van der Waals surface area contributed by atoms with E-state index in [0.717, 1.165) is 6.54 Å². The molecule has 116 valence electrons. The predicted molar refractivity (Wildman–Crippen MR) is 96.7 cm³/mol. The predicted octanol–water partition coefficient (Wildman–Crippen LogP) is 1.35. The zero-order valence-corrected chi connectivity index (χ0v) is 16.3. The molecule has 19 heavy (non-hydrogen) atoms. The van der Waals surface area contributed by atoms with Crippen LogP contribution in [-0.4, -0.2) is 57.0 Å². The monoisotopic (exact) mass is 423 g/mol. The van der Waals surface area contributed by atoms with E-state index >= 15 is 0 Å². The molecule has 0 aliphatic carbocycles. The van der Waals surface area contributed by atoms with Gasteiger partial charge in [0.05, 0.1) is 5.75 Å². The molecular weight excluding hydrogens is 397 g/mol. The van der Waals surface area contributed by atoms with E-state index in [1.165, 1.54) is 0 Å². The Morgan fingerprint density at radius 2 is 1.89 bits per heavy atom. The van der Waals surface area contributed by atoms with Gasteiger partial charge in [-0.15, -0.1) is 24.0 Å². The first-order chi connectivity index (χ1) is 8.26. The summed E-state index contributed by atoms with van der Waals surface area (Å²) in [6.07, 6.45) is 2.06. The van der Waals surface area contributed by atoms with E-state index in [2.05, 4.69) is 35.7 Å². The lowest BCUT2D eigenvalue weighted by Gasteiger charge is -2.23. The minimum atomic E-state index is -2.92. The fourth-order valence-corrected chi connectivity index (χ4v) is 1.98. The molecule has 0 unspecified atom stereocenters. The molecule has 0 aliphatic rings. The normalized spacial score (nSPS) is 12.8. The molecule has 0 rings (SSSR count). The maximum absolute atomic E-state index is 11.3. The van der Waals surface area contributed by atoms with Crippen LogP contribution in [0.4, 0.5) is 0 Å². The average Bonchev–Trinajstić information content (AvgIpc) is 2.33. The molecule has 0 spiro atoms. The molecule has 5 nitrogen and oxygen atoms in total. The van der Waals surface area contributed by atoms with Crippen molar-refractivity contribution in [1.29, 1.82) is 0 Å². The third-order valence-corrected chi connectivity index (χ3v) is 5.56. The Hall–Kier alpha value is 0.300. The minimum absolute atomic E-state index is 0. The molecule has 0 fully saturated rings. The van der Waals surface area contributed by atoms with Gasteiger partial charge in [0.25, 0.3) is 0 Å². The molecule has 0 aromatic rings. The van der Waals surface area contributed by atoms with Gasteiger partial charge in [0.1, 0.15) is 0 Å². The van der Waals surface area contributed by atoms with Gasteiger partial charge in [0, 0.05) is 30.6 Å². The molecular formula is C11H26IN3O2S2. The Balaban J connectivity index is 0. The Morgan fingerprint density at radius 3 is 2.32 bits per heavy atom. The molecule has 0 heterocycles. The van der Waals surface area contributed by atoms with Crippen molar-refractivity contribution in [2.45, 2.75) is 25.5 Å². The molecule has 8 heteroatoms. The highest BCUT2D eigenvalue weighted by atomic mass is 127. The maximum atomic E-state index is 11.3. The van der Waals surface area contributed by atoms with Gasteiger partial charge in [0.2, 0.25) is 0 Å². The maximum Gasteiger partial charge on any atom is 0.191 e. The third kappa shape index (κ3) is 10.7. The second-order valence-corrected chi connectivity index (χ2v) is 8.54. The van der Waals surface area contributed by atoms with Gasteiger partial charge in [-0.25, -0.2) is 8.42 Å². The van der Waals surface area contributed by atoms with E-state index in [9.17, 15) is 8.42 Å². The van der Waals surface area contributed by atoms with Crippen molar-refractivity contribution in [3.8, 4) is 0 Å². The lowest BCUT2D eigenvalue weighted by molar-refractivity contribution is 0.595. The summed E-state index contributed by atoms with van der Waals surface area (Å²) in [6.45, 7) is 7.09. The molecule has 0 atom stereocenters. The lowest BCUT2D eigenvalue weighted by Crippen LogP contribution is -2.44. The van der Waals surface area contributed by atoms with Crippen LogP contribution < -0.4 is 10.6 Å². The van der Waals surface area contributed by atoms with E-state index < -0.39 is 9.84 Å². The van der Waals surface area contributed by atoms with Crippen LogP contribution in [0.3, 0.4) is 0 Å². The number of hydrogen-bond donors (Lipinski definition) is 2. The van der Waals surface area contributed by atoms with Crippen LogP contribution in [0.15, 0.2) is 4.99 Å². The average molecular weight is 423 g/mol. The zero-order chi connectivity index (χ0) is 14.2. The molecule has 0 aliphatic heterocycles. The van der Waals surface area contributed by atoms with Crippen molar-refractivity contribution < 1.29 is 8.42 Å². The molecule has 0 aromatic heterocycles. The summed E-state index contributed by atoms with van der Waals surface area (Å²) in [6, 6.07) is 0. The summed E-state index contributed by atoms with van der Waals surface area (Å²) in [5.74, 6) is 0.958. The van der Waals surface area contributed by atoms with Crippen LogP contribution in [0.5, 0.6) is 0 Å². The summed E-state index contributed by atoms with van der Waals surface area (Å²) in [5, 5.41) is 6.20. The van der Waals surface area contributed by atoms with Gasteiger partial charge >= 0.3 is 0 Å². The quantitative estimate of drug-likeness (QED) is 0.368. The van der Waals surface area contributed by atoms with Gasteiger partial charge in [-0.05, 0) is 20.1 Å². The van der Waals surface area contributed by atoms with Crippen molar-refractivity contribution in [3.05, 3.63) is 0 Å². The molecule has 0 amide bonds. The number of nitrogens with zero attached hydrogens (tertiary/aromatic N) is 1. The van der Waals surface area contributed by atoms with Crippen LogP contribution in [-0.2, 0) is 9.84 Å². The fourth-order valence-electron chi connectivity index (χ4n) is 1.06. The van der Waals surface area contributed by atoms with E-state index in [1.54, 1.807) is 25.7 Å². The summed E-state index contributed by atoms with van der Waals surface area (Å²) >= 11 is 1.77. The molecule has 2 N–H and O–H groups in total. The first-order valence-electron chi connectivity index (χ1n) is 5.96. The number of aliphatic imine (C=N–C) groups is 1. The van der Waals surface area contributed by atoms with Crippen LogP contribution in [0.1, 0.15) is 20.8 Å². The third-order valence-electron chi connectivity index (χ3n) is 2.60. The van der Waals surface area contributed by atoms with Crippen molar-refractivity contribution in [2.24, 2.45) is 4.99 Å². The largest absolute Gasteiger partial charge is 0.355 e. The van der Waals surface area contributed by atoms with Crippen molar-refractivity contribution in [2.75, 3.05) is 37.9 Å². The molecule has 0 saturated carbocycles. The highest BCUT2D eigenvalue weighted by Gasteiger charge is 2.16. The lowest BCUT2D eigenvalue weighted by atomic mass is 10.2. The van der Waals surface area contributed by atoms with Gasteiger partial charge < -0.3 is 10.6 Å². The van der Waals surface area contributed by atoms with Gasteiger partial charge in [-0.2, -0.15) is 11.8 Å². The number of sulfone groups is 1. The molecule has 0 radical (unpaired) electrons. The summed E-state index contributed by atoms with van der Waals surface area (Å²) in [4.78, 5) is 4.06. The number of hydrogen-bond acceptors (Lipinski definition) is 4. The van der Waals surface area contributed by atoms with E-state index in [1.807, 2.05) is 0 Å². The highest BCUT2D eigenvalue weighted by Crippen LogP contribution is 2.19. The summed E-state index contributed by atoms with van der Waals surface area (Å²) < 4.78 is 22.8. The number of thioether (sulfide) groups is 1. The number of nitrogens with one attached hydrogen (secondary N) is 2. The van der Waals surface area contributed by atoms with Crippen LogP contribution in [0, 0.1) is 0 Å². The zero-order valence-electron chi connectivity index (χ0n) is 12.3. The van der Waals surface area contributed by atoms with Crippen molar-refractivity contribution >= 4 is 51.5 Å². The number of guanidine groups is 1. The van der Waals surface area contributed by atoms with Gasteiger partial charge in [-0.1, -0.05) is 6.92 Å². The number of halogens is 1. The van der Waals surface area contributed by atoms with Crippen LogP contribution in [0.25, 0.3) is 0 Å². The van der Waals surface area contributed by atoms with Crippen molar-refractivity contribution in [1.82, 2.24) is 10.6 Å². The van der Waals surface area contributed by atoms with Gasteiger partial charge in [0.15, 0.2) is 15.8 Å². The van der Waals surface area contributed by atoms with E-state index in [4.69, 9.17) is 0 Å².